The van der Waals surface area contributed by atoms with Crippen LogP contribution in [-0.4, -0.2) is 20.0 Å². The Morgan fingerprint density at radius 1 is 1.31 bits per heavy atom. The van der Waals surface area contributed by atoms with E-state index in [1.54, 1.807) is 18.3 Å². The molecule has 136 valence electrons. The third-order valence-corrected chi connectivity index (χ3v) is 5.60. The molecule has 1 N–H and O–H groups in total. The number of hydrogen-bond acceptors (Lipinski definition) is 7. The van der Waals surface area contributed by atoms with Gasteiger partial charge in [-0.25, -0.2) is 9.07 Å². The van der Waals surface area contributed by atoms with E-state index in [1.807, 2.05) is 20.8 Å². The average molecular weight is 412 g/mol. The first-order valence-electron chi connectivity index (χ1n) is 7.56. The number of benzene rings is 1. The summed E-state index contributed by atoms with van der Waals surface area (Å²) < 4.78 is 15.2. The summed E-state index contributed by atoms with van der Waals surface area (Å²) in [7, 11) is 0. The van der Waals surface area contributed by atoms with Gasteiger partial charge < -0.3 is 5.32 Å². The predicted octanol–water partition coefficient (Wildman–Crippen LogP) is 4.54. The van der Waals surface area contributed by atoms with E-state index in [4.69, 9.17) is 11.6 Å². The largest absolute Gasteiger partial charge is 0.330 e. The summed E-state index contributed by atoms with van der Waals surface area (Å²) in [4.78, 5) is 12.9. The minimum Gasteiger partial charge on any atom is -0.330 e. The van der Waals surface area contributed by atoms with Gasteiger partial charge in [-0.05, 0) is 39.0 Å². The Balaban J connectivity index is 1.79. The molecule has 0 aliphatic rings. The van der Waals surface area contributed by atoms with Gasteiger partial charge in [-0.1, -0.05) is 40.8 Å². The van der Waals surface area contributed by atoms with Crippen molar-refractivity contribution in [3.63, 3.8) is 0 Å². The third kappa shape index (κ3) is 4.22. The molecule has 0 fully saturated rings. The van der Waals surface area contributed by atoms with Crippen molar-refractivity contribution in [3.8, 4) is 0 Å². The van der Waals surface area contributed by atoms with Crippen molar-refractivity contribution in [1.29, 1.82) is 0 Å². The van der Waals surface area contributed by atoms with Gasteiger partial charge in [-0.2, -0.15) is 5.10 Å². The molecule has 26 heavy (non-hydrogen) atoms. The summed E-state index contributed by atoms with van der Waals surface area (Å²) in [6.07, 6.45) is 1.54. The van der Waals surface area contributed by atoms with Crippen LogP contribution in [0.1, 0.15) is 20.8 Å². The Hall–Kier alpha value is -1.97. The van der Waals surface area contributed by atoms with Crippen molar-refractivity contribution in [2.75, 3.05) is 5.32 Å². The van der Waals surface area contributed by atoms with Crippen LogP contribution in [0.4, 0.5) is 15.2 Å². The van der Waals surface area contributed by atoms with Crippen molar-refractivity contribution in [2.24, 2.45) is 0 Å². The third-order valence-electron chi connectivity index (χ3n) is 3.20. The molecule has 0 radical (unpaired) electrons. The summed E-state index contributed by atoms with van der Waals surface area (Å²) in [5.74, 6) is -0.341. The Kier molecular flexibility index (Phi) is 5.31. The highest BCUT2D eigenvalue weighted by Crippen LogP contribution is 2.35. The van der Waals surface area contributed by atoms with Crippen molar-refractivity contribution in [1.82, 2.24) is 20.0 Å². The maximum atomic E-state index is 13.2. The maximum Gasteiger partial charge on any atom is 0.287 e. The van der Waals surface area contributed by atoms with Gasteiger partial charge in [0.2, 0.25) is 5.13 Å². The lowest BCUT2D eigenvalue weighted by molar-refractivity contribution is 0.336. The fraction of sp³-hybridized carbons (Fsp3) is 0.250. The van der Waals surface area contributed by atoms with Crippen LogP contribution >= 0.6 is 34.7 Å². The first-order chi connectivity index (χ1) is 12.2. The summed E-state index contributed by atoms with van der Waals surface area (Å²) >= 11 is 8.68. The zero-order chi connectivity index (χ0) is 18.9. The topological polar surface area (TPSA) is 72.7 Å². The van der Waals surface area contributed by atoms with E-state index in [0.29, 0.717) is 20.1 Å². The molecule has 1 aromatic carbocycles. The lowest BCUT2D eigenvalue weighted by Gasteiger charge is -2.20. The SMILES string of the molecule is CC(C)(C)n1ncc(Sc2nnc(Nc3cccc(F)c3)s2)c(Cl)c1=O. The number of halogens is 2. The van der Waals surface area contributed by atoms with Crippen molar-refractivity contribution in [3.05, 3.63) is 51.7 Å². The fourth-order valence-corrected chi connectivity index (χ4v) is 4.01. The van der Waals surface area contributed by atoms with E-state index in [0.717, 1.165) is 0 Å². The Bertz CT molecular complexity index is 999. The minimum atomic E-state index is -0.464. The zero-order valence-corrected chi connectivity index (χ0v) is 16.5. The van der Waals surface area contributed by atoms with Crippen LogP contribution in [0.15, 0.2) is 44.5 Å². The van der Waals surface area contributed by atoms with Crippen molar-refractivity contribution >= 4 is 45.5 Å². The molecule has 0 spiro atoms. The molecular formula is C16H15ClFN5OS2. The van der Waals surface area contributed by atoms with Gasteiger partial charge in [0.05, 0.1) is 16.6 Å². The van der Waals surface area contributed by atoms with E-state index in [2.05, 4.69) is 20.6 Å². The van der Waals surface area contributed by atoms with E-state index in [1.165, 1.54) is 39.9 Å². The molecule has 0 saturated carbocycles. The van der Waals surface area contributed by atoms with Crippen LogP contribution in [0.25, 0.3) is 0 Å². The average Bonchev–Trinajstić information content (AvgIpc) is 2.98. The van der Waals surface area contributed by atoms with E-state index < -0.39 is 5.54 Å². The van der Waals surface area contributed by atoms with Gasteiger partial charge in [-0.3, -0.25) is 4.79 Å². The molecule has 0 aliphatic heterocycles. The summed E-state index contributed by atoms with van der Waals surface area (Å²) in [5, 5.41) is 15.8. The highest BCUT2D eigenvalue weighted by Gasteiger charge is 2.20. The van der Waals surface area contributed by atoms with Crippen LogP contribution in [0.3, 0.4) is 0 Å². The van der Waals surface area contributed by atoms with Crippen LogP contribution in [0.5, 0.6) is 0 Å². The lowest BCUT2D eigenvalue weighted by Crippen LogP contribution is -2.36. The van der Waals surface area contributed by atoms with Crippen molar-refractivity contribution < 1.29 is 4.39 Å². The van der Waals surface area contributed by atoms with E-state index in [-0.39, 0.29) is 16.4 Å². The van der Waals surface area contributed by atoms with Gasteiger partial charge >= 0.3 is 0 Å². The Labute approximate surface area is 162 Å². The molecule has 2 heterocycles. The highest BCUT2D eigenvalue weighted by molar-refractivity contribution is 8.01. The van der Waals surface area contributed by atoms with Gasteiger partial charge in [0.1, 0.15) is 10.8 Å². The normalized spacial score (nSPS) is 11.6. The second-order valence-electron chi connectivity index (χ2n) is 6.32. The minimum absolute atomic E-state index is 0.0924. The number of aromatic nitrogens is 4. The molecule has 2 aromatic heterocycles. The van der Waals surface area contributed by atoms with Gasteiger partial charge in [-0.15, -0.1) is 10.2 Å². The number of anilines is 2. The lowest BCUT2D eigenvalue weighted by atomic mass is 10.1. The Morgan fingerprint density at radius 3 is 2.77 bits per heavy atom. The second-order valence-corrected chi connectivity index (χ2v) is 8.97. The monoisotopic (exact) mass is 411 g/mol. The van der Waals surface area contributed by atoms with E-state index >= 15 is 0 Å². The number of nitrogens with one attached hydrogen (secondary N) is 1. The molecule has 0 atom stereocenters. The van der Waals surface area contributed by atoms with E-state index in [9.17, 15) is 9.18 Å². The zero-order valence-electron chi connectivity index (χ0n) is 14.2. The van der Waals surface area contributed by atoms with Crippen LogP contribution in [-0.2, 0) is 5.54 Å². The summed E-state index contributed by atoms with van der Waals surface area (Å²) in [6, 6.07) is 6.05. The molecule has 0 unspecified atom stereocenters. The van der Waals surface area contributed by atoms with Crippen LogP contribution < -0.4 is 10.9 Å². The highest BCUT2D eigenvalue weighted by atomic mass is 35.5. The first-order valence-corrected chi connectivity index (χ1v) is 9.57. The van der Waals surface area contributed by atoms with Crippen LogP contribution in [0, 0.1) is 5.82 Å². The molecule has 0 amide bonds. The van der Waals surface area contributed by atoms with Gasteiger partial charge in [0.15, 0.2) is 4.34 Å². The first kappa shape index (κ1) is 18.8. The smallest absolute Gasteiger partial charge is 0.287 e. The summed E-state index contributed by atoms with van der Waals surface area (Å²) in [6.45, 7) is 5.62. The molecule has 6 nitrogen and oxygen atoms in total. The van der Waals surface area contributed by atoms with Crippen LogP contribution in [0.2, 0.25) is 5.02 Å². The number of nitrogens with zero attached hydrogens (tertiary/aromatic N) is 4. The molecular weight excluding hydrogens is 397 g/mol. The number of rotatable bonds is 4. The molecule has 0 bridgehead atoms. The van der Waals surface area contributed by atoms with Gasteiger partial charge in [0.25, 0.3) is 5.56 Å². The predicted molar refractivity (Wildman–Crippen MR) is 102 cm³/mol. The molecule has 3 aromatic rings. The fourth-order valence-electron chi connectivity index (χ4n) is 2.05. The Morgan fingerprint density at radius 2 is 2.08 bits per heavy atom. The number of hydrogen-bond donors (Lipinski definition) is 1. The van der Waals surface area contributed by atoms with Gasteiger partial charge in [0, 0.05) is 5.69 Å². The van der Waals surface area contributed by atoms with Crippen molar-refractivity contribution in [2.45, 2.75) is 35.5 Å². The maximum absolute atomic E-state index is 13.2. The molecule has 0 aliphatic carbocycles. The summed E-state index contributed by atoms with van der Waals surface area (Å²) in [5.41, 5.74) is -0.244. The molecule has 3 rings (SSSR count). The molecule has 10 heteroatoms. The molecule has 0 saturated heterocycles. The second kappa shape index (κ2) is 7.34. The quantitative estimate of drug-likeness (QED) is 0.679. The standard InChI is InChI=1S/C16H15ClFN5OS2/c1-16(2,3)23-13(24)12(17)11(8-19-23)25-15-22-21-14(26-15)20-10-6-4-5-9(18)7-10/h4-8H,1-3H3,(H,20,21).